The SMILES string of the molecule is CCCNC(=O)c1ccc2c(c1)C(=O)N(Cc1ccncc1)C2=O. The zero-order valence-corrected chi connectivity index (χ0v) is 13.3. The molecule has 3 rings (SSSR count). The Morgan fingerprint density at radius 1 is 1.08 bits per heavy atom. The predicted octanol–water partition coefficient (Wildman–Crippen LogP) is 2.02. The molecule has 0 spiro atoms. The number of hydrogen-bond donors (Lipinski definition) is 1. The van der Waals surface area contributed by atoms with Crippen LogP contribution in [0.15, 0.2) is 42.7 Å². The van der Waals surface area contributed by atoms with Crippen LogP contribution >= 0.6 is 0 Å². The van der Waals surface area contributed by atoms with Crippen molar-refractivity contribution < 1.29 is 14.4 Å². The molecule has 1 N–H and O–H groups in total. The van der Waals surface area contributed by atoms with Crippen LogP contribution in [-0.2, 0) is 6.54 Å². The second-order valence-corrected chi connectivity index (χ2v) is 5.57. The van der Waals surface area contributed by atoms with Gasteiger partial charge in [-0.3, -0.25) is 24.3 Å². The summed E-state index contributed by atoms with van der Waals surface area (Å²) in [7, 11) is 0. The minimum atomic E-state index is -0.378. The van der Waals surface area contributed by atoms with Crippen molar-refractivity contribution in [1.82, 2.24) is 15.2 Å². The third-order valence-corrected chi connectivity index (χ3v) is 3.86. The molecule has 0 atom stereocenters. The largest absolute Gasteiger partial charge is 0.352 e. The van der Waals surface area contributed by atoms with Crippen molar-refractivity contribution in [2.75, 3.05) is 6.54 Å². The van der Waals surface area contributed by atoms with Crippen LogP contribution in [-0.4, -0.2) is 34.2 Å². The van der Waals surface area contributed by atoms with Crippen LogP contribution in [0.5, 0.6) is 0 Å². The van der Waals surface area contributed by atoms with Crippen molar-refractivity contribution >= 4 is 17.7 Å². The summed E-state index contributed by atoms with van der Waals surface area (Å²) in [5.74, 6) is -0.961. The highest BCUT2D eigenvalue weighted by Gasteiger charge is 2.35. The van der Waals surface area contributed by atoms with E-state index in [0.717, 1.165) is 12.0 Å². The normalized spacial score (nSPS) is 13.1. The van der Waals surface area contributed by atoms with Gasteiger partial charge in [0.15, 0.2) is 0 Å². The van der Waals surface area contributed by atoms with Gasteiger partial charge in [-0.05, 0) is 42.3 Å². The zero-order chi connectivity index (χ0) is 17.1. The molecular formula is C18H17N3O3. The summed E-state index contributed by atoms with van der Waals surface area (Å²) in [4.78, 5) is 42.2. The zero-order valence-electron chi connectivity index (χ0n) is 13.3. The van der Waals surface area contributed by atoms with Crippen LogP contribution in [0.25, 0.3) is 0 Å². The number of pyridine rings is 1. The molecule has 0 radical (unpaired) electrons. The summed E-state index contributed by atoms with van der Waals surface area (Å²) >= 11 is 0. The Morgan fingerprint density at radius 3 is 2.50 bits per heavy atom. The maximum absolute atomic E-state index is 12.6. The molecule has 3 amide bonds. The van der Waals surface area contributed by atoms with E-state index in [2.05, 4.69) is 10.3 Å². The average molecular weight is 323 g/mol. The van der Waals surface area contributed by atoms with Crippen LogP contribution in [0.4, 0.5) is 0 Å². The van der Waals surface area contributed by atoms with Crippen molar-refractivity contribution in [3.8, 4) is 0 Å². The second kappa shape index (κ2) is 6.62. The van der Waals surface area contributed by atoms with Gasteiger partial charge >= 0.3 is 0 Å². The van der Waals surface area contributed by atoms with E-state index in [1.165, 1.54) is 11.0 Å². The van der Waals surface area contributed by atoms with Crippen molar-refractivity contribution in [2.45, 2.75) is 19.9 Å². The summed E-state index contributed by atoms with van der Waals surface area (Å²) < 4.78 is 0. The maximum Gasteiger partial charge on any atom is 0.261 e. The molecular weight excluding hydrogens is 306 g/mol. The Morgan fingerprint density at radius 2 is 1.79 bits per heavy atom. The summed E-state index contributed by atoms with van der Waals surface area (Å²) in [5.41, 5.74) is 1.81. The number of carbonyl (C=O) groups is 3. The Hall–Kier alpha value is -3.02. The summed E-state index contributed by atoms with van der Waals surface area (Å²) in [6.07, 6.45) is 4.06. The van der Waals surface area contributed by atoms with Crippen LogP contribution in [0.1, 0.15) is 50.0 Å². The first-order valence-corrected chi connectivity index (χ1v) is 7.79. The Balaban J connectivity index is 1.85. The second-order valence-electron chi connectivity index (χ2n) is 5.57. The van der Waals surface area contributed by atoms with Crippen molar-refractivity contribution in [3.05, 3.63) is 65.0 Å². The van der Waals surface area contributed by atoms with E-state index >= 15 is 0 Å². The highest BCUT2D eigenvalue weighted by atomic mass is 16.2. The lowest BCUT2D eigenvalue weighted by atomic mass is 10.1. The van der Waals surface area contributed by atoms with Gasteiger partial charge in [-0.1, -0.05) is 6.92 Å². The van der Waals surface area contributed by atoms with Gasteiger partial charge in [-0.25, -0.2) is 0 Å². The lowest BCUT2D eigenvalue weighted by Crippen LogP contribution is -2.29. The third-order valence-electron chi connectivity index (χ3n) is 3.86. The lowest BCUT2D eigenvalue weighted by Gasteiger charge is -2.13. The number of amides is 3. The molecule has 0 saturated heterocycles. The molecule has 0 fully saturated rings. The monoisotopic (exact) mass is 323 g/mol. The summed E-state index contributed by atoms with van der Waals surface area (Å²) in [5, 5.41) is 2.76. The van der Waals surface area contributed by atoms with Gasteiger partial charge in [0.05, 0.1) is 17.7 Å². The van der Waals surface area contributed by atoms with Crippen LogP contribution in [0, 0.1) is 0 Å². The van der Waals surface area contributed by atoms with Gasteiger partial charge in [-0.15, -0.1) is 0 Å². The van der Waals surface area contributed by atoms with Crippen molar-refractivity contribution in [1.29, 1.82) is 0 Å². The molecule has 122 valence electrons. The Bertz CT molecular complexity index is 802. The number of hydrogen-bond acceptors (Lipinski definition) is 4. The standard InChI is InChI=1S/C18H17N3O3/c1-2-7-20-16(22)13-3-4-14-15(10-13)18(24)21(17(14)23)11-12-5-8-19-9-6-12/h3-6,8-10H,2,7,11H2,1H3,(H,20,22). The molecule has 1 aliphatic heterocycles. The number of imide groups is 1. The van der Waals surface area contributed by atoms with Gasteiger partial charge in [0.2, 0.25) is 0 Å². The molecule has 0 unspecified atom stereocenters. The summed E-state index contributed by atoms with van der Waals surface area (Å²) in [6.45, 7) is 2.71. The van der Waals surface area contributed by atoms with E-state index in [4.69, 9.17) is 0 Å². The molecule has 1 aromatic heterocycles. The summed E-state index contributed by atoms with van der Waals surface area (Å²) in [6, 6.07) is 8.13. The van der Waals surface area contributed by atoms with Crippen LogP contribution in [0.3, 0.4) is 0 Å². The number of carbonyl (C=O) groups excluding carboxylic acids is 3. The number of fused-ring (bicyclic) bond motifs is 1. The fraction of sp³-hybridized carbons (Fsp3) is 0.222. The van der Waals surface area contributed by atoms with Crippen LogP contribution in [0.2, 0.25) is 0 Å². The fourth-order valence-corrected chi connectivity index (χ4v) is 2.59. The Labute approximate surface area is 139 Å². The van der Waals surface area contributed by atoms with E-state index in [1.807, 2.05) is 6.92 Å². The number of benzene rings is 1. The first-order valence-electron chi connectivity index (χ1n) is 7.79. The van der Waals surface area contributed by atoms with E-state index in [9.17, 15) is 14.4 Å². The molecule has 6 heteroatoms. The van der Waals surface area contributed by atoms with E-state index < -0.39 is 0 Å². The quantitative estimate of drug-likeness (QED) is 0.854. The molecule has 1 aliphatic rings. The molecule has 0 saturated carbocycles. The first-order chi connectivity index (χ1) is 11.6. The van der Waals surface area contributed by atoms with Gasteiger partial charge in [0.1, 0.15) is 0 Å². The first kappa shape index (κ1) is 15.9. The number of aromatic nitrogens is 1. The lowest BCUT2D eigenvalue weighted by molar-refractivity contribution is 0.0642. The van der Waals surface area contributed by atoms with Crippen molar-refractivity contribution in [3.63, 3.8) is 0 Å². The molecule has 1 aromatic carbocycles. The van der Waals surface area contributed by atoms with Crippen molar-refractivity contribution in [2.24, 2.45) is 0 Å². The molecule has 0 bridgehead atoms. The highest BCUT2D eigenvalue weighted by molar-refractivity contribution is 6.22. The molecule has 0 aliphatic carbocycles. The predicted molar refractivity (Wildman–Crippen MR) is 87.5 cm³/mol. The average Bonchev–Trinajstić information content (AvgIpc) is 2.85. The topological polar surface area (TPSA) is 79.4 Å². The highest BCUT2D eigenvalue weighted by Crippen LogP contribution is 2.25. The number of rotatable bonds is 5. The van der Waals surface area contributed by atoms with E-state index in [0.29, 0.717) is 17.7 Å². The number of nitrogens with zero attached hydrogens (tertiary/aromatic N) is 2. The van der Waals surface area contributed by atoms with E-state index in [1.54, 1.807) is 36.7 Å². The smallest absolute Gasteiger partial charge is 0.261 e. The van der Waals surface area contributed by atoms with Gasteiger partial charge in [0, 0.05) is 24.5 Å². The molecule has 24 heavy (non-hydrogen) atoms. The van der Waals surface area contributed by atoms with Gasteiger partial charge in [0.25, 0.3) is 17.7 Å². The van der Waals surface area contributed by atoms with E-state index in [-0.39, 0.29) is 29.8 Å². The molecule has 6 nitrogen and oxygen atoms in total. The minimum Gasteiger partial charge on any atom is -0.352 e. The Kier molecular flexibility index (Phi) is 4.37. The maximum atomic E-state index is 12.6. The third kappa shape index (κ3) is 2.90. The number of nitrogens with one attached hydrogen (secondary N) is 1. The van der Waals surface area contributed by atoms with Gasteiger partial charge < -0.3 is 5.32 Å². The molecule has 2 heterocycles. The van der Waals surface area contributed by atoms with Crippen LogP contribution < -0.4 is 5.32 Å². The minimum absolute atomic E-state index is 0.187. The fourth-order valence-electron chi connectivity index (χ4n) is 2.59. The molecule has 2 aromatic rings. The van der Waals surface area contributed by atoms with Gasteiger partial charge in [-0.2, -0.15) is 0 Å².